The number of carbonyl (C=O) groups is 2. The number of carboxylic acid groups (broad SMARTS) is 1. The van der Waals surface area contributed by atoms with Crippen molar-refractivity contribution in [3.8, 4) is 5.75 Å². The average Bonchev–Trinajstić information content (AvgIpc) is 2.83. The molecule has 2 amide bonds. The minimum Gasteiger partial charge on any atom is -0.508 e. The fourth-order valence-corrected chi connectivity index (χ4v) is 1.42. The summed E-state index contributed by atoms with van der Waals surface area (Å²) < 4.78 is 0. The highest BCUT2D eigenvalue weighted by Crippen LogP contribution is 2.21. The maximum atomic E-state index is 11.6. The molecule has 19 heavy (non-hydrogen) atoms. The van der Waals surface area contributed by atoms with Crippen LogP contribution in [0.2, 0.25) is 0 Å². The minimum absolute atomic E-state index is 0.0753. The number of benzene rings is 1. The second kappa shape index (κ2) is 5.08. The predicted octanol–water partition coefficient (Wildman–Crippen LogP) is 1.46. The van der Waals surface area contributed by atoms with E-state index in [2.05, 4.69) is 20.8 Å². The summed E-state index contributed by atoms with van der Waals surface area (Å²) in [6.07, 6.45) is 2.86. The Morgan fingerprint density at radius 3 is 2.68 bits per heavy atom. The number of aromatic amines is 1. The summed E-state index contributed by atoms with van der Waals surface area (Å²) in [4.78, 5) is 22.6. The van der Waals surface area contributed by atoms with Gasteiger partial charge in [0.15, 0.2) is 0 Å². The molecule has 8 heteroatoms. The number of amides is 2. The third-order valence-electron chi connectivity index (χ3n) is 2.24. The Hall–Kier alpha value is -3.03. The zero-order chi connectivity index (χ0) is 13.8. The van der Waals surface area contributed by atoms with E-state index in [1.807, 2.05) is 0 Å². The van der Waals surface area contributed by atoms with Crippen molar-refractivity contribution in [3.05, 3.63) is 36.2 Å². The molecule has 1 aromatic heterocycles. The van der Waals surface area contributed by atoms with Gasteiger partial charge >= 0.3 is 12.0 Å². The molecule has 0 saturated carbocycles. The fourth-order valence-electron chi connectivity index (χ4n) is 1.42. The number of H-pyrrole nitrogens is 1. The molecular formula is C11H10N4O4. The minimum atomic E-state index is -1.26. The van der Waals surface area contributed by atoms with Gasteiger partial charge in [-0.2, -0.15) is 5.10 Å². The summed E-state index contributed by atoms with van der Waals surface area (Å²) in [5.74, 6) is -1.45. The number of anilines is 2. The van der Waals surface area contributed by atoms with Crippen LogP contribution in [0.5, 0.6) is 5.75 Å². The summed E-state index contributed by atoms with van der Waals surface area (Å²) in [5.41, 5.74) is 0.307. The predicted molar refractivity (Wildman–Crippen MR) is 66.3 cm³/mol. The lowest BCUT2D eigenvalue weighted by atomic mass is 10.1. The summed E-state index contributed by atoms with van der Waals surface area (Å²) >= 11 is 0. The van der Waals surface area contributed by atoms with Crippen LogP contribution in [0.3, 0.4) is 0 Å². The molecule has 98 valence electrons. The molecule has 0 radical (unpaired) electrons. The average molecular weight is 262 g/mol. The van der Waals surface area contributed by atoms with Crippen molar-refractivity contribution in [1.82, 2.24) is 10.2 Å². The second-order valence-electron chi connectivity index (χ2n) is 3.60. The largest absolute Gasteiger partial charge is 0.508 e. The Labute approximate surface area is 107 Å². The van der Waals surface area contributed by atoms with Crippen molar-refractivity contribution in [2.75, 3.05) is 10.6 Å². The number of urea groups is 1. The molecule has 1 heterocycles. The molecule has 8 nitrogen and oxygen atoms in total. The van der Waals surface area contributed by atoms with E-state index in [9.17, 15) is 14.7 Å². The molecule has 0 spiro atoms. The lowest BCUT2D eigenvalue weighted by molar-refractivity contribution is 0.0697. The number of nitrogens with one attached hydrogen (secondary N) is 3. The monoisotopic (exact) mass is 262 g/mol. The van der Waals surface area contributed by atoms with Gasteiger partial charge < -0.3 is 20.8 Å². The van der Waals surface area contributed by atoms with E-state index in [1.165, 1.54) is 24.5 Å². The van der Waals surface area contributed by atoms with Gasteiger partial charge in [0.05, 0.1) is 23.1 Å². The van der Waals surface area contributed by atoms with Gasteiger partial charge in [-0.1, -0.05) is 0 Å². The number of hydrogen-bond acceptors (Lipinski definition) is 4. The summed E-state index contributed by atoms with van der Waals surface area (Å²) in [5, 5.41) is 29.2. The molecule has 0 atom stereocenters. The Bertz CT molecular complexity index is 609. The molecule has 0 bridgehead atoms. The molecule has 0 aliphatic rings. The zero-order valence-corrected chi connectivity index (χ0v) is 9.54. The number of carbonyl (C=O) groups excluding carboxylic acids is 1. The smallest absolute Gasteiger partial charge is 0.337 e. The molecule has 1 aromatic carbocycles. The van der Waals surface area contributed by atoms with Gasteiger partial charge in [0.1, 0.15) is 5.75 Å². The van der Waals surface area contributed by atoms with E-state index in [1.54, 1.807) is 0 Å². The first kappa shape index (κ1) is 12.4. The topological polar surface area (TPSA) is 127 Å². The number of phenolic OH excluding ortho intramolecular Hbond substituents is 1. The van der Waals surface area contributed by atoms with Crippen LogP contribution in [0, 0.1) is 0 Å². The zero-order valence-electron chi connectivity index (χ0n) is 9.54. The van der Waals surface area contributed by atoms with Crippen LogP contribution < -0.4 is 10.6 Å². The van der Waals surface area contributed by atoms with Crippen molar-refractivity contribution in [2.45, 2.75) is 0 Å². The summed E-state index contributed by atoms with van der Waals surface area (Å²) in [6, 6.07) is 3.01. The quantitative estimate of drug-likeness (QED) is 0.535. The van der Waals surface area contributed by atoms with E-state index < -0.39 is 12.0 Å². The number of hydrogen-bond donors (Lipinski definition) is 5. The molecular weight excluding hydrogens is 252 g/mol. The van der Waals surface area contributed by atoms with Crippen LogP contribution in [0.4, 0.5) is 16.2 Å². The lowest BCUT2D eigenvalue weighted by Gasteiger charge is -2.09. The van der Waals surface area contributed by atoms with Crippen molar-refractivity contribution in [2.24, 2.45) is 0 Å². The SMILES string of the molecule is O=C(Nc1cn[nH]c1)Nc1ccc(O)cc1C(=O)O. The van der Waals surface area contributed by atoms with Gasteiger partial charge in [-0.15, -0.1) is 0 Å². The number of carboxylic acids is 1. The van der Waals surface area contributed by atoms with Crippen LogP contribution in [0.1, 0.15) is 10.4 Å². The van der Waals surface area contributed by atoms with E-state index in [4.69, 9.17) is 5.11 Å². The van der Waals surface area contributed by atoms with Crippen LogP contribution in [-0.2, 0) is 0 Å². The van der Waals surface area contributed by atoms with E-state index in [-0.39, 0.29) is 17.0 Å². The number of aromatic hydroxyl groups is 1. The maximum absolute atomic E-state index is 11.6. The Kier molecular flexibility index (Phi) is 3.33. The Morgan fingerprint density at radius 2 is 2.05 bits per heavy atom. The third-order valence-corrected chi connectivity index (χ3v) is 2.24. The highest BCUT2D eigenvalue weighted by molar-refractivity contribution is 6.04. The van der Waals surface area contributed by atoms with Crippen LogP contribution in [-0.4, -0.2) is 32.4 Å². The van der Waals surface area contributed by atoms with E-state index >= 15 is 0 Å². The standard InChI is InChI=1S/C11H10N4O4/c16-7-1-2-9(8(3-7)10(17)18)15-11(19)14-6-4-12-13-5-6/h1-5,16H,(H,12,13)(H,17,18)(H2,14,15,19). The van der Waals surface area contributed by atoms with Crippen LogP contribution >= 0.6 is 0 Å². The first-order chi connectivity index (χ1) is 9.06. The molecule has 2 aromatic rings. The molecule has 0 aliphatic heterocycles. The van der Waals surface area contributed by atoms with E-state index in [0.717, 1.165) is 6.07 Å². The summed E-state index contributed by atoms with van der Waals surface area (Å²) in [6.45, 7) is 0. The van der Waals surface area contributed by atoms with Crippen molar-refractivity contribution >= 4 is 23.4 Å². The van der Waals surface area contributed by atoms with Crippen molar-refractivity contribution in [3.63, 3.8) is 0 Å². The van der Waals surface area contributed by atoms with Gasteiger partial charge in [-0.3, -0.25) is 5.10 Å². The molecule has 0 saturated heterocycles. The molecule has 0 unspecified atom stereocenters. The number of aromatic nitrogens is 2. The summed E-state index contributed by atoms with van der Waals surface area (Å²) in [7, 11) is 0. The van der Waals surface area contributed by atoms with Gasteiger partial charge in [0.2, 0.25) is 0 Å². The van der Waals surface area contributed by atoms with E-state index in [0.29, 0.717) is 5.69 Å². The van der Waals surface area contributed by atoms with Gasteiger partial charge in [-0.05, 0) is 18.2 Å². The van der Waals surface area contributed by atoms with Gasteiger partial charge in [0.25, 0.3) is 0 Å². The first-order valence-electron chi connectivity index (χ1n) is 5.19. The second-order valence-corrected chi connectivity index (χ2v) is 3.60. The maximum Gasteiger partial charge on any atom is 0.337 e. The number of nitrogens with zero attached hydrogens (tertiary/aromatic N) is 1. The fraction of sp³-hybridized carbons (Fsp3) is 0. The Balaban J connectivity index is 2.14. The van der Waals surface area contributed by atoms with Crippen LogP contribution in [0.15, 0.2) is 30.6 Å². The van der Waals surface area contributed by atoms with Crippen molar-refractivity contribution in [1.29, 1.82) is 0 Å². The van der Waals surface area contributed by atoms with Gasteiger partial charge in [-0.25, -0.2) is 9.59 Å². The number of rotatable bonds is 3. The van der Waals surface area contributed by atoms with Crippen LogP contribution in [0.25, 0.3) is 0 Å². The molecule has 5 N–H and O–H groups in total. The highest BCUT2D eigenvalue weighted by atomic mass is 16.4. The van der Waals surface area contributed by atoms with Crippen molar-refractivity contribution < 1.29 is 19.8 Å². The Morgan fingerprint density at radius 1 is 1.26 bits per heavy atom. The molecule has 2 rings (SSSR count). The molecule has 0 fully saturated rings. The number of phenols is 1. The normalized spacial score (nSPS) is 9.89. The highest BCUT2D eigenvalue weighted by Gasteiger charge is 2.13. The van der Waals surface area contributed by atoms with Gasteiger partial charge in [0, 0.05) is 6.20 Å². The number of aromatic carboxylic acids is 1. The molecule has 0 aliphatic carbocycles. The first-order valence-corrected chi connectivity index (χ1v) is 5.19. The third kappa shape index (κ3) is 3.00. The lowest BCUT2D eigenvalue weighted by Crippen LogP contribution is -2.20.